The van der Waals surface area contributed by atoms with Crippen LogP contribution in [0.2, 0.25) is 0 Å². The summed E-state index contributed by atoms with van der Waals surface area (Å²) >= 11 is 0. The van der Waals surface area contributed by atoms with E-state index in [4.69, 9.17) is 4.42 Å². The third-order valence-electron chi connectivity index (χ3n) is 4.80. The first-order valence-corrected chi connectivity index (χ1v) is 9.42. The van der Waals surface area contributed by atoms with Crippen LogP contribution < -0.4 is 5.32 Å². The Labute approximate surface area is 135 Å². The summed E-state index contributed by atoms with van der Waals surface area (Å²) in [6.45, 7) is 2.15. The second-order valence-corrected chi connectivity index (χ2v) is 8.07. The van der Waals surface area contributed by atoms with Gasteiger partial charge in [-0.3, -0.25) is 5.10 Å². The number of aromatic nitrogens is 2. The average Bonchev–Trinajstić information content (AvgIpc) is 3.25. The minimum atomic E-state index is -3.58. The lowest BCUT2D eigenvalue weighted by atomic mass is 9.86. The molecule has 0 aromatic carbocycles. The highest BCUT2D eigenvalue weighted by molar-refractivity contribution is 7.89. The number of fused-ring (bicyclic) bond motifs is 1. The summed E-state index contributed by atoms with van der Waals surface area (Å²) in [5, 5.41) is 10.1. The first-order valence-electron chi connectivity index (χ1n) is 7.98. The quantitative estimate of drug-likeness (QED) is 0.885. The molecule has 0 bridgehead atoms. The van der Waals surface area contributed by atoms with Gasteiger partial charge in [0.15, 0.2) is 5.76 Å². The van der Waals surface area contributed by atoms with Crippen LogP contribution >= 0.6 is 0 Å². The first-order chi connectivity index (χ1) is 11.1. The molecule has 2 saturated heterocycles. The Morgan fingerprint density at radius 2 is 2.17 bits per heavy atom. The van der Waals surface area contributed by atoms with Crippen molar-refractivity contribution in [2.75, 3.05) is 19.6 Å². The maximum atomic E-state index is 12.8. The van der Waals surface area contributed by atoms with E-state index in [0.29, 0.717) is 36.5 Å². The van der Waals surface area contributed by atoms with E-state index in [1.165, 1.54) is 6.07 Å². The standard InChI is InChI=1S/C15H20N4O3S/c20-23(21,15-4-3-14(22-15)13-5-8-17-18-13)19-9-6-12-11(10-19)2-1-7-16-12/h3-5,8,11-12,16H,1-2,6-7,9-10H2,(H,17,18)/t11-,12+/m1/s1. The van der Waals surface area contributed by atoms with Crippen LogP contribution in [-0.4, -0.2) is 48.6 Å². The molecule has 2 aliphatic heterocycles. The number of aromatic amines is 1. The number of rotatable bonds is 3. The Balaban J connectivity index is 1.56. The molecule has 4 heterocycles. The fourth-order valence-corrected chi connectivity index (χ4v) is 4.98. The average molecular weight is 336 g/mol. The molecule has 0 saturated carbocycles. The van der Waals surface area contributed by atoms with E-state index in [9.17, 15) is 8.42 Å². The molecule has 2 atom stereocenters. The highest BCUT2D eigenvalue weighted by Gasteiger charge is 2.37. The molecule has 23 heavy (non-hydrogen) atoms. The second-order valence-electron chi connectivity index (χ2n) is 6.20. The smallest absolute Gasteiger partial charge is 0.276 e. The van der Waals surface area contributed by atoms with Crippen LogP contribution in [0.3, 0.4) is 0 Å². The number of hydrogen-bond acceptors (Lipinski definition) is 5. The van der Waals surface area contributed by atoms with E-state index in [0.717, 1.165) is 25.8 Å². The molecule has 4 rings (SSSR count). The van der Waals surface area contributed by atoms with Gasteiger partial charge in [-0.15, -0.1) is 0 Å². The van der Waals surface area contributed by atoms with Crippen molar-refractivity contribution >= 4 is 10.0 Å². The molecule has 0 aliphatic carbocycles. The van der Waals surface area contributed by atoms with Gasteiger partial charge in [-0.2, -0.15) is 9.40 Å². The van der Waals surface area contributed by atoms with Gasteiger partial charge in [0.25, 0.3) is 10.0 Å². The molecule has 2 aromatic heterocycles. The molecule has 2 aliphatic rings. The van der Waals surface area contributed by atoms with Gasteiger partial charge in [-0.1, -0.05) is 0 Å². The van der Waals surface area contributed by atoms with Crippen LogP contribution in [0.5, 0.6) is 0 Å². The van der Waals surface area contributed by atoms with Gasteiger partial charge in [0, 0.05) is 25.3 Å². The fraction of sp³-hybridized carbons (Fsp3) is 0.533. The van der Waals surface area contributed by atoms with Gasteiger partial charge < -0.3 is 9.73 Å². The molecule has 2 fully saturated rings. The number of furan rings is 1. The van der Waals surface area contributed by atoms with E-state index < -0.39 is 10.0 Å². The fourth-order valence-electron chi connectivity index (χ4n) is 3.55. The zero-order valence-electron chi connectivity index (χ0n) is 12.7. The molecule has 7 nitrogen and oxygen atoms in total. The van der Waals surface area contributed by atoms with Gasteiger partial charge in [0.05, 0.1) is 0 Å². The van der Waals surface area contributed by atoms with Crippen molar-refractivity contribution in [2.24, 2.45) is 5.92 Å². The number of nitrogens with one attached hydrogen (secondary N) is 2. The van der Waals surface area contributed by atoms with Crippen molar-refractivity contribution < 1.29 is 12.8 Å². The van der Waals surface area contributed by atoms with E-state index in [1.807, 2.05) is 0 Å². The van der Waals surface area contributed by atoms with Gasteiger partial charge in [-0.05, 0) is 49.9 Å². The first kappa shape index (κ1) is 14.9. The molecule has 8 heteroatoms. The molecule has 124 valence electrons. The van der Waals surface area contributed by atoms with E-state index in [-0.39, 0.29) is 5.09 Å². The lowest BCUT2D eigenvalue weighted by Gasteiger charge is -2.40. The van der Waals surface area contributed by atoms with Crippen molar-refractivity contribution in [3.05, 3.63) is 24.4 Å². The van der Waals surface area contributed by atoms with Crippen molar-refractivity contribution in [3.63, 3.8) is 0 Å². The Bertz CT molecular complexity index is 769. The number of nitrogens with zero attached hydrogens (tertiary/aromatic N) is 2. The van der Waals surface area contributed by atoms with Crippen molar-refractivity contribution in [2.45, 2.75) is 30.4 Å². The molecular weight excluding hydrogens is 316 g/mol. The summed E-state index contributed by atoms with van der Waals surface area (Å²) in [7, 11) is -3.58. The van der Waals surface area contributed by atoms with E-state index >= 15 is 0 Å². The minimum Gasteiger partial charge on any atom is -0.442 e. The third-order valence-corrected chi connectivity index (χ3v) is 6.54. The topological polar surface area (TPSA) is 91.2 Å². The van der Waals surface area contributed by atoms with E-state index in [1.54, 1.807) is 22.6 Å². The normalized spacial score (nSPS) is 26.1. The monoisotopic (exact) mass is 336 g/mol. The molecule has 0 radical (unpaired) electrons. The predicted octanol–water partition coefficient (Wildman–Crippen LogP) is 1.43. The van der Waals surface area contributed by atoms with Crippen LogP contribution in [0.4, 0.5) is 0 Å². The molecular formula is C15H20N4O3S. The second kappa shape index (κ2) is 5.77. The van der Waals surface area contributed by atoms with E-state index in [2.05, 4.69) is 15.5 Å². The molecule has 2 N–H and O–H groups in total. The Morgan fingerprint density at radius 3 is 3.00 bits per heavy atom. The Kier molecular flexibility index (Phi) is 3.74. The van der Waals surface area contributed by atoms with Crippen LogP contribution in [-0.2, 0) is 10.0 Å². The number of H-pyrrole nitrogens is 1. The van der Waals surface area contributed by atoms with Gasteiger partial charge in [-0.25, -0.2) is 8.42 Å². The van der Waals surface area contributed by atoms with Gasteiger partial charge in [0.2, 0.25) is 5.09 Å². The minimum absolute atomic E-state index is 0.00400. The number of piperidine rings is 2. The molecule has 2 aromatic rings. The third kappa shape index (κ3) is 2.71. The maximum Gasteiger partial charge on any atom is 0.276 e. The van der Waals surface area contributed by atoms with Crippen molar-refractivity contribution in [3.8, 4) is 11.5 Å². The van der Waals surface area contributed by atoms with Crippen LogP contribution in [0.25, 0.3) is 11.5 Å². The highest BCUT2D eigenvalue weighted by Crippen LogP contribution is 2.30. The summed E-state index contributed by atoms with van der Waals surface area (Å²) < 4.78 is 32.8. The lowest BCUT2D eigenvalue weighted by Crippen LogP contribution is -2.53. The van der Waals surface area contributed by atoms with Gasteiger partial charge in [0.1, 0.15) is 5.69 Å². The predicted molar refractivity (Wildman–Crippen MR) is 84.2 cm³/mol. The summed E-state index contributed by atoms with van der Waals surface area (Å²) in [6.07, 6.45) is 4.66. The number of sulfonamides is 1. The van der Waals surface area contributed by atoms with Crippen molar-refractivity contribution in [1.29, 1.82) is 0 Å². The summed E-state index contributed by atoms with van der Waals surface area (Å²) in [5.41, 5.74) is 0.668. The SMILES string of the molecule is O=S(=O)(c1ccc(-c2ccn[nH]2)o1)N1CC[C@@H]2NCCC[C@@H]2C1. The summed E-state index contributed by atoms with van der Waals surface area (Å²) in [5.74, 6) is 0.879. The lowest BCUT2D eigenvalue weighted by molar-refractivity contribution is 0.169. The maximum absolute atomic E-state index is 12.8. The Hall–Kier alpha value is -1.64. The molecule has 0 amide bonds. The number of hydrogen-bond donors (Lipinski definition) is 2. The summed E-state index contributed by atoms with van der Waals surface area (Å²) in [4.78, 5) is 0. The van der Waals surface area contributed by atoms with Gasteiger partial charge >= 0.3 is 0 Å². The van der Waals surface area contributed by atoms with Crippen LogP contribution in [0, 0.1) is 5.92 Å². The molecule has 0 spiro atoms. The zero-order chi connectivity index (χ0) is 15.9. The van der Waals surface area contributed by atoms with Crippen LogP contribution in [0.1, 0.15) is 19.3 Å². The Morgan fingerprint density at radius 1 is 1.26 bits per heavy atom. The van der Waals surface area contributed by atoms with Crippen molar-refractivity contribution in [1.82, 2.24) is 19.8 Å². The molecule has 0 unspecified atom stereocenters. The largest absolute Gasteiger partial charge is 0.442 e. The zero-order valence-corrected chi connectivity index (χ0v) is 13.6. The summed E-state index contributed by atoms with van der Waals surface area (Å²) in [6, 6.07) is 5.38. The van der Waals surface area contributed by atoms with Crippen LogP contribution in [0.15, 0.2) is 33.9 Å². The highest BCUT2D eigenvalue weighted by atomic mass is 32.2.